The van der Waals surface area contributed by atoms with Crippen LogP contribution in [0.25, 0.3) is 0 Å². The van der Waals surface area contributed by atoms with Gasteiger partial charge in [0.2, 0.25) is 0 Å². The number of methoxy groups -OCH3 is 1. The van der Waals surface area contributed by atoms with Crippen molar-refractivity contribution in [3.8, 4) is 5.75 Å². The molecule has 0 radical (unpaired) electrons. The molecule has 1 atom stereocenters. The number of carbonyl (C=O) groups is 1. The van der Waals surface area contributed by atoms with Crippen LogP contribution in [0.2, 0.25) is 0 Å². The third kappa shape index (κ3) is 3.30. The van der Waals surface area contributed by atoms with E-state index < -0.39 is 23.6 Å². The average molecular weight is 260 g/mol. The fraction of sp³-hybridized carbons (Fsp3) is 0.364. The Balaban J connectivity index is 2.79. The van der Waals surface area contributed by atoms with E-state index in [1.807, 2.05) is 0 Å². The van der Waals surface area contributed by atoms with Crippen molar-refractivity contribution in [3.05, 3.63) is 23.8 Å². The highest BCUT2D eigenvalue weighted by Crippen LogP contribution is 2.24. The van der Waals surface area contributed by atoms with Gasteiger partial charge in [-0.3, -0.25) is 4.79 Å². The van der Waals surface area contributed by atoms with Gasteiger partial charge in [0.1, 0.15) is 11.9 Å². The number of carboxylic acid groups (broad SMARTS) is 1. The maximum absolute atomic E-state index is 13.5. The normalized spacial score (nSPS) is 12.0. The maximum atomic E-state index is 13.5. The van der Waals surface area contributed by atoms with Gasteiger partial charge in [-0.25, -0.2) is 8.78 Å². The number of carboxylic acids is 1. The van der Waals surface area contributed by atoms with Crippen molar-refractivity contribution in [1.29, 1.82) is 0 Å². The SMILES string of the molecule is CNC(CNc1cc(F)c(OC)cc1F)C(=O)O. The predicted octanol–water partition coefficient (Wildman–Crippen LogP) is 1.06. The number of ether oxygens (including phenoxy) is 1. The summed E-state index contributed by atoms with van der Waals surface area (Å²) < 4.78 is 31.4. The minimum absolute atomic E-state index is 0.0749. The summed E-state index contributed by atoms with van der Waals surface area (Å²) in [6.07, 6.45) is 0. The first-order valence-electron chi connectivity index (χ1n) is 5.16. The summed E-state index contributed by atoms with van der Waals surface area (Å²) in [5, 5.41) is 13.8. The van der Waals surface area contributed by atoms with Gasteiger partial charge in [-0.2, -0.15) is 0 Å². The molecule has 100 valence electrons. The van der Waals surface area contributed by atoms with E-state index in [1.54, 1.807) is 0 Å². The Morgan fingerprint density at radius 1 is 1.44 bits per heavy atom. The molecule has 0 aromatic heterocycles. The van der Waals surface area contributed by atoms with E-state index in [1.165, 1.54) is 14.2 Å². The third-order valence-electron chi connectivity index (χ3n) is 2.38. The van der Waals surface area contributed by atoms with Crippen LogP contribution in [-0.2, 0) is 4.79 Å². The van der Waals surface area contributed by atoms with Crippen molar-refractivity contribution in [2.45, 2.75) is 6.04 Å². The lowest BCUT2D eigenvalue weighted by Crippen LogP contribution is -2.39. The van der Waals surface area contributed by atoms with Crippen molar-refractivity contribution in [2.24, 2.45) is 0 Å². The number of halogens is 2. The molecular formula is C11H14F2N2O3. The molecule has 0 spiro atoms. The summed E-state index contributed by atoms with van der Waals surface area (Å²) in [7, 11) is 2.69. The Hall–Kier alpha value is -1.89. The highest BCUT2D eigenvalue weighted by atomic mass is 19.1. The van der Waals surface area contributed by atoms with Crippen LogP contribution in [0.1, 0.15) is 0 Å². The van der Waals surface area contributed by atoms with E-state index in [2.05, 4.69) is 15.4 Å². The van der Waals surface area contributed by atoms with Crippen molar-refractivity contribution >= 4 is 11.7 Å². The second-order valence-corrected chi connectivity index (χ2v) is 3.53. The number of hydrogen-bond acceptors (Lipinski definition) is 4. The van der Waals surface area contributed by atoms with Gasteiger partial charge in [0, 0.05) is 18.7 Å². The van der Waals surface area contributed by atoms with Crippen LogP contribution in [0.4, 0.5) is 14.5 Å². The molecule has 3 N–H and O–H groups in total. The first-order chi connectivity index (χ1) is 8.49. The van der Waals surface area contributed by atoms with Gasteiger partial charge in [0.25, 0.3) is 0 Å². The molecular weight excluding hydrogens is 246 g/mol. The van der Waals surface area contributed by atoms with Gasteiger partial charge in [-0.15, -0.1) is 0 Å². The number of anilines is 1. The van der Waals surface area contributed by atoms with Gasteiger partial charge in [0.15, 0.2) is 11.6 Å². The first-order valence-corrected chi connectivity index (χ1v) is 5.16. The van der Waals surface area contributed by atoms with Gasteiger partial charge in [-0.05, 0) is 7.05 Å². The molecule has 0 saturated heterocycles. The monoisotopic (exact) mass is 260 g/mol. The number of benzene rings is 1. The summed E-state index contributed by atoms with van der Waals surface area (Å²) in [5.74, 6) is -2.73. The number of hydrogen-bond donors (Lipinski definition) is 3. The van der Waals surface area contributed by atoms with Crippen molar-refractivity contribution in [2.75, 3.05) is 26.0 Å². The largest absolute Gasteiger partial charge is 0.494 e. The Labute approximate surface area is 103 Å². The zero-order valence-electron chi connectivity index (χ0n) is 9.96. The molecule has 1 aromatic carbocycles. The van der Waals surface area contributed by atoms with Crippen molar-refractivity contribution in [3.63, 3.8) is 0 Å². The smallest absolute Gasteiger partial charge is 0.322 e. The standard InChI is InChI=1S/C11H14F2N2O3/c1-14-9(11(16)17)5-15-8-3-7(13)10(18-2)4-6(8)12/h3-4,9,14-15H,5H2,1-2H3,(H,16,17). The fourth-order valence-electron chi connectivity index (χ4n) is 1.35. The van der Waals surface area contributed by atoms with Crippen LogP contribution in [0.5, 0.6) is 5.75 Å². The molecule has 0 aliphatic heterocycles. The molecule has 0 fully saturated rings. The predicted molar refractivity (Wildman–Crippen MR) is 61.9 cm³/mol. The molecule has 0 heterocycles. The summed E-state index contributed by atoms with van der Waals surface area (Å²) in [6.45, 7) is -0.0749. The van der Waals surface area contributed by atoms with Crippen LogP contribution in [-0.4, -0.2) is 37.8 Å². The molecule has 18 heavy (non-hydrogen) atoms. The van der Waals surface area contributed by atoms with Crippen molar-refractivity contribution < 1.29 is 23.4 Å². The Morgan fingerprint density at radius 2 is 2.11 bits per heavy atom. The van der Waals surface area contributed by atoms with Crippen LogP contribution in [0.3, 0.4) is 0 Å². The molecule has 0 aliphatic rings. The summed E-state index contributed by atoms with van der Waals surface area (Å²) in [4.78, 5) is 10.7. The summed E-state index contributed by atoms with van der Waals surface area (Å²) in [6, 6.07) is 0.921. The lowest BCUT2D eigenvalue weighted by atomic mass is 10.2. The molecule has 0 amide bonds. The Bertz CT molecular complexity index is 441. The topological polar surface area (TPSA) is 70.6 Å². The average Bonchev–Trinajstić information content (AvgIpc) is 2.33. The fourth-order valence-corrected chi connectivity index (χ4v) is 1.35. The molecule has 1 unspecified atom stereocenters. The number of aliphatic carboxylic acids is 1. The highest BCUT2D eigenvalue weighted by Gasteiger charge is 2.16. The van der Waals surface area contributed by atoms with Crippen molar-refractivity contribution in [1.82, 2.24) is 5.32 Å². The number of rotatable bonds is 6. The van der Waals surface area contributed by atoms with Gasteiger partial charge < -0.3 is 20.5 Å². The zero-order chi connectivity index (χ0) is 13.7. The minimum Gasteiger partial charge on any atom is -0.494 e. The first kappa shape index (κ1) is 14.2. The van der Waals surface area contributed by atoms with Gasteiger partial charge in [0.05, 0.1) is 12.8 Å². The molecule has 1 aromatic rings. The lowest BCUT2D eigenvalue weighted by Gasteiger charge is -2.14. The van der Waals surface area contributed by atoms with Crippen LogP contribution < -0.4 is 15.4 Å². The molecule has 5 nitrogen and oxygen atoms in total. The molecule has 7 heteroatoms. The van der Waals surface area contributed by atoms with Gasteiger partial charge in [-0.1, -0.05) is 0 Å². The number of nitrogens with one attached hydrogen (secondary N) is 2. The molecule has 1 rings (SSSR count). The minimum atomic E-state index is -1.08. The van der Waals surface area contributed by atoms with Gasteiger partial charge >= 0.3 is 5.97 Å². The van der Waals surface area contributed by atoms with Crippen LogP contribution >= 0.6 is 0 Å². The van der Waals surface area contributed by atoms with Crippen LogP contribution in [0, 0.1) is 11.6 Å². The Morgan fingerprint density at radius 3 is 2.61 bits per heavy atom. The molecule has 0 aliphatic carbocycles. The van der Waals surface area contributed by atoms with E-state index in [0.29, 0.717) is 0 Å². The van der Waals surface area contributed by atoms with E-state index in [0.717, 1.165) is 12.1 Å². The molecule has 0 bridgehead atoms. The Kier molecular flexibility index (Phi) is 4.85. The van der Waals surface area contributed by atoms with E-state index in [9.17, 15) is 13.6 Å². The number of likely N-dealkylation sites (N-methyl/N-ethyl adjacent to an activating group) is 1. The lowest BCUT2D eigenvalue weighted by molar-refractivity contribution is -0.138. The maximum Gasteiger partial charge on any atom is 0.322 e. The zero-order valence-corrected chi connectivity index (χ0v) is 9.96. The summed E-state index contributed by atoms with van der Waals surface area (Å²) in [5.41, 5.74) is -0.116. The highest BCUT2D eigenvalue weighted by molar-refractivity contribution is 5.74. The van der Waals surface area contributed by atoms with E-state index in [4.69, 9.17) is 5.11 Å². The van der Waals surface area contributed by atoms with E-state index in [-0.39, 0.29) is 18.0 Å². The second-order valence-electron chi connectivity index (χ2n) is 3.53. The summed E-state index contributed by atoms with van der Waals surface area (Å²) >= 11 is 0. The van der Waals surface area contributed by atoms with Crippen LogP contribution in [0.15, 0.2) is 12.1 Å². The molecule has 0 saturated carbocycles. The van der Waals surface area contributed by atoms with E-state index >= 15 is 0 Å². The third-order valence-corrected chi connectivity index (χ3v) is 2.38. The quantitative estimate of drug-likeness (QED) is 0.713. The second kappa shape index (κ2) is 6.15.